The van der Waals surface area contributed by atoms with Gasteiger partial charge in [-0.3, -0.25) is 0 Å². The van der Waals surface area contributed by atoms with Gasteiger partial charge in [-0.2, -0.15) is 0 Å². The number of carboxylic acid groups (broad SMARTS) is 1. The summed E-state index contributed by atoms with van der Waals surface area (Å²) in [6.45, 7) is 4.64. The summed E-state index contributed by atoms with van der Waals surface area (Å²) in [4.78, 5) is 16.5. The Kier molecular flexibility index (Phi) is 8.32. The topological polar surface area (TPSA) is 77.3 Å². The lowest BCUT2D eigenvalue weighted by Crippen LogP contribution is -2.26. The number of carboxylic acids is 1. The van der Waals surface area contributed by atoms with E-state index in [9.17, 15) is 9.90 Å². The fraction of sp³-hybridized carbons (Fsp3) is 0.333. The highest BCUT2D eigenvalue weighted by molar-refractivity contribution is 5.82. The lowest BCUT2D eigenvalue weighted by Gasteiger charge is -2.13. The van der Waals surface area contributed by atoms with Gasteiger partial charge in [-0.05, 0) is 37.1 Å². The predicted octanol–water partition coefficient (Wildman–Crippen LogP) is 3.69. The van der Waals surface area contributed by atoms with E-state index in [4.69, 9.17) is 14.3 Å². The molecule has 1 atom stereocenters. The second kappa shape index (κ2) is 11.0. The third-order valence-electron chi connectivity index (χ3n) is 3.70. The van der Waals surface area contributed by atoms with Gasteiger partial charge in [-0.25, -0.2) is 4.79 Å². The molecular formula is C21H25NO5. The molecule has 27 heavy (non-hydrogen) atoms. The lowest BCUT2D eigenvalue weighted by molar-refractivity contribution is -0.149. The number of rotatable bonds is 11. The Hall–Kier alpha value is -2.86. The number of hydrogen-bond donors (Lipinski definition) is 1. The SMILES string of the molecule is CCOC(Cc1cccc(OC/C(C)=N\OCc2ccccc2)c1)C(=O)O. The number of ether oxygens (including phenoxy) is 2. The number of nitrogens with zero attached hydrogens (tertiary/aromatic N) is 1. The van der Waals surface area contributed by atoms with Crippen LogP contribution >= 0.6 is 0 Å². The second-order valence-corrected chi connectivity index (χ2v) is 6.01. The molecule has 0 aliphatic heterocycles. The maximum absolute atomic E-state index is 11.2. The quantitative estimate of drug-likeness (QED) is 0.481. The van der Waals surface area contributed by atoms with Crippen molar-refractivity contribution in [3.05, 3.63) is 65.7 Å². The summed E-state index contributed by atoms with van der Waals surface area (Å²) >= 11 is 0. The zero-order chi connectivity index (χ0) is 19.5. The van der Waals surface area contributed by atoms with E-state index in [1.807, 2.05) is 61.5 Å². The number of aliphatic carboxylic acids is 1. The summed E-state index contributed by atoms with van der Waals surface area (Å²) in [5.41, 5.74) is 2.59. The zero-order valence-corrected chi connectivity index (χ0v) is 15.6. The molecule has 2 aromatic rings. The molecule has 0 amide bonds. The number of hydrogen-bond acceptors (Lipinski definition) is 5. The van der Waals surface area contributed by atoms with Gasteiger partial charge < -0.3 is 19.4 Å². The highest BCUT2D eigenvalue weighted by atomic mass is 16.6. The number of oxime groups is 1. The lowest BCUT2D eigenvalue weighted by atomic mass is 10.1. The molecule has 0 saturated carbocycles. The Labute approximate surface area is 159 Å². The summed E-state index contributed by atoms with van der Waals surface area (Å²) in [6, 6.07) is 17.1. The zero-order valence-electron chi connectivity index (χ0n) is 15.6. The molecule has 6 heteroatoms. The maximum Gasteiger partial charge on any atom is 0.333 e. The van der Waals surface area contributed by atoms with Crippen LogP contribution in [0.3, 0.4) is 0 Å². The summed E-state index contributed by atoms with van der Waals surface area (Å²) < 4.78 is 11.0. The Balaban J connectivity index is 1.84. The van der Waals surface area contributed by atoms with Gasteiger partial charge in [0, 0.05) is 13.0 Å². The van der Waals surface area contributed by atoms with Crippen molar-refractivity contribution in [1.29, 1.82) is 0 Å². The highest BCUT2D eigenvalue weighted by Crippen LogP contribution is 2.16. The van der Waals surface area contributed by atoms with E-state index < -0.39 is 12.1 Å². The summed E-state index contributed by atoms with van der Waals surface area (Å²) in [5.74, 6) is -0.326. The van der Waals surface area contributed by atoms with E-state index >= 15 is 0 Å². The van der Waals surface area contributed by atoms with Crippen molar-refractivity contribution in [1.82, 2.24) is 0 Å². The molecule has 0 bridgehead atoms. The van der Waals surface area contributed by atoms with E-state index in [-0.39, 0.29) is 13.0 Å². The normalized spacial score (nSPS) is 12.4. The number of carbonyl (C=O) groups is 1. The minimum Gasteiger partial charge on any atom is -0.488 e. The molecule has 1 unspecified atom stereocenters. The van der Waals surface area contributed by atoms with Crippen LogP contribution in [0.25, 0.3) is 0 Å². The van der Waals surface area contributed by atoms with Crippen LogP contribution in [0.15, 0.2) is 59.8 Å². The molecule has 2 rings (SSSR count). The summed E-state index contributed by atoms with van der Waals surface area (Å²) in [5, 5.41) is 13.2. The predicted molar refractivity (Wildman–Crippen MR) is 103 cm³/mol. The van der Waals surface area contributed by atoms with Gasteiger partial charge in [0.25, 0.3) is 0 Å². The van der Waals surface area contributed by atoms with E-state index in [1.165, 1.54) is 0 Å². The first kappa shape index (κ1) is 20.5. The molecule has 144 valence electrons. The van der Waals surface area contributed by atoms with Crippen molar-refractivity contribution in [2.45, 2.75) is 33.0 Å². The fourth-order valence-electron chi connectivity index (χ4n) is 2.40. The van der Waals surface area contributed by atoms with Gasteiger partial charge in [0.1, 0.15) is 19.0 Å². The van der Waals surface area contributed by atoms with Crippen molar-refractivity contribution in [2.75, 3.05) is 13.2 Å². The van der Waals surface area contributed by atoms with E-state index in [2.05, 4.69) is 5.16 Å². The van der Waals surface area contributed by atoms with Crippen LogP contribution in [0.1, 0.15) is 25.0 Å². The fourth-order valence-corrected chi connectivity index (χ4v) is 2.40. The van der Waals surface area contributed by atoms with Crippen LogP contribution in [0.5, 0.6) is 5.75 Å². The molecule has 2 aromatic carbocycles. The van der Waals surface area contributed by atoms with Crippen molar-refractivity contribution in [3.8, 4) is 5.75 Å². The van der Waals surface area contributed by atoms with Gasteiger partial charge in [0.05, 0.1) is 5.71 Å². The van der Waals surface area contributed by atoms with Crippen LogP contribution in [0, 0.1) is 0 Å². The smallest absolute Gasteiger partial charge is 0.333 e. The van der Waals surface area contributed by atoms with Gasteiger partial charge in [-0.1, -0.05) is 47.6 Å². The number of benzene rings is 2. The van der Waals surface area contributed by atoms with Gasteiger partial charge in [0.2, 0.25) is 0 Å². The summed E-state index contributed by atoms with van der Waals surface area (Å²) in [7, 11) is 0. The standard InChI is InChI=1S/C21H25NO5/c1-3-25-20(21(23)24)13-18-10-7-11-19(12-18)26-14-16(2)22-27-15-17-8-5-4-6-9-17/h4-12,20H,3,13-15H2,1-2H3,(H,23,24)/b22-16-. The van der Waals surface area contributed by atoms with Gasteiger partial charge >= 0.3 is 5.97 Å². The molecule has 0 saturated heterocycles. The van der Waals surface area contributed by atoms with Crippen molar-refractivity contribution >= 4 is 11.7 Å². The molecule has 1 N–H and O–H groups in total. The molecule has 0 spiro atoms. The monoisotopic (exact) mass is 371 g/mol. The van der Waals surface area contributed by atoms with Gasteiger partial charge in [-0.15, -0.1) is 0 Å². The first-order chi connectivity index (χ1) is 13.1. The summed E-state index contributed by atoms with van der Waals surface area (Å²) in [6.07, 6.45) is -0.576. The van der Waals surface area contributed by atoms with Crippen LogP contribution in [0.2, 0.25) is 0 Å². The molecule has 0 aliphatic carbocycles. The molecule has 6 nitrogen and oxygen atoms in total. The maximum atomic E-state index is 11.2. The Morgan fingerprint density at radius 1 is 1.11 bits per heavy atom. The minimum absolute atomic E-state index is 0.284. The minimum atomic E-state index is -0.971. The third kappa shape index (κ3) is 7.50. The third-order valence-corrected chi connectivity index (χ3v) is 3.70. The highest BCUT2D eigenvalue weighted by Gasteiger charge is 2.18. The van der Waals surface area contributed by atoms with Crippen molar-refractivity contribution in [2.24, 2.45) is 5.16 Å². The van der Waals surface area contributed by atoms with Gasteiger partial charge in [0.15, 0.2) is 6.10 Å². The Morgan fingerprint density at radius 2 is 1.85 bits per heavy atom. The average Bonchev–Trinajstić information content (AvgIpc) is 2.67. The molecule has 0 radical (unpaired) electrons. The first-order valence-electron chi connectivity index (χ1n) is 8.84. The largest absolute Gasteiger partial charge is 0.488 e. The van der Waals surface area contributed by atoms with Crippen LogP contribution in [-0.4, -0.2) is 36.1 Å². The van der Waals surface area contributed by atoms with E-state index in [0.717, 1.165) is 11.1 Å². The second-order valence-electron chi connectivity index (χ2n) is 6.01. The first-order valence-corrected chi connectivity index (χ1v) is 8.84. The van der Waals surface area contributed by atoms with Crippen molar-refractivity contribution in [3.63, 3.8) is 0 Å². The van der Waals surface area contributed by atoms with Crippen LogP contribution in [-0.2, 0) is 27.4 Å². The molecule has 0 heterocycles. The Morgan fingerprint density at radius 3 is 2.56 bits per heavy atom. The van der Waals surface area contributed by atoms with Crippen LogP contribution < -0.4 is 4.74 Å². The average molecular weight is 371 g/mol. The molecule has 0 fully saturated rings. The molecular weight excluding hydrogens is 346 g/mol. The molecule has 0 aromatic heterocycles. The van der Waals surface area contributed by atoms with Crippen LogP contribution in [0.4, 0.5) is 0 Å². The van der Waals surface area contributed by atoms with E-state index in [0.29, 0.717) is 24.7 Å². The van der Waals surface area contributed by atoms with E-state index in [1.54, 1.807) is 6.92 Å². The Bertz CT molecular complexity index is 745. The van der Waals surface area contributed by atoms with Crippen molar-refractivity contribution < 1.29 is 24.2 Å². The molecule has 0 aliphatic rings.